The Hall–Kier alpha value is -1.58. The number of amides is 1. The number of carbonyl (C=O) groups excluding carboxylic acids is 1. The van der Waals surface area contributed by atoms with Gasteiger partial charge in [0.25, 0.3) is 5.91 Å². The molecule has 1 aromatic rings. The first-order valence-corrected chi connectivity index (χ1v) is 5.17. The van der Waals surface area contributed by atoms with Gasteiger partial charge in [-0.25, -0.2) is 5.43 Å². The molecule has 2 rings (SSSR count). The number of nitrogens with one attached hydrogen (secondary N) is 1. The summed E-state index contributed by atoms with van der Waals surface area (Å²) in [7, 11) is 0. The third-order valence-electron chi connectivity index (χ3n) is 2.60. The average Bonchev–Trinajstić information content (AvgIpc) is 2.84. The van der Waals surface area contributed by atoms with Gasteiger partial charge in [-0.15, -0.1) is 0 Å². The molecule has 0 spiro atoms. The van der Waals surface area contributed by atoms with E-state index in [4.69, 9.17) is 4.42 Å². The fourth-order valence-electron chi connectivity index (χ4n) is 1.71. The highest BCUT2D eigenvalue weighted by molar-refractivity contribution is 5.96. The smallest absolute Gasteiger partial charge is 0.274 e. The van der Waals surface area contributed by atoms with Gasteiger partial charge in [0.05, 0.1) is 11.8 Å². The Balaban J connectivity index is 1.98. The van der Waals surface area contributed by atoms with Crippen molar-refractivity contribution in [1.29, 1.82) is 0 Å². The van der Waals surface area contributed by atoms with Crippen molar-refractivity contribution in [2.45, 2.75) is 32.6 Å². The van der Waals surface area contributed by atoms with Crippen LogP contribution >= 0.6 is 0 Å². The van der Waals surface area contributed by atoms with Crippen LogP contribution in [0.5, 0.6) is 0 Å². The monoisotopic (exact) mass is 206 g/mol. The normalized spacial score (nSPS) is 15.4. The van der Waals surface area contributed by atoms with Gasteiger partial charge in [-0.1, -0.05) is 0 Å². The highest BCUT2D eigenvalue weighted by Crippen LogP contribution is 2.14. The van der Waals surface area contributed by atoms with Crippen molar-refractivity contribution in [3.05, 3.63) is 23.7 Å². The van der Waals surface area contributed by atoms with Gasteiger partial charge in [-0.3, -0.25) is 4.79 Å². The van der Waals surface area contributed by atoms with Crippen molar-refractivity contribution in [1.82, 2.24) is 5.43 Å². The van der Waals surface area contributed by atoms with E-state index in [9.17, 15) is 4.79 Å². The largest absolute Gasteiger partial charge is 0.469 e. The third-order valence-corrected chi connectivity index (χ3v) is 2.60. The minimum atomic E-state index is -0.194. The minimum absolute atomic E-state index is 0.194. The van der Waals surface area contributed by atoms with Gasteiger partial charge in [-0.05, 0) is 38.7 Å². The predicted octanol–water partition coefficient (Wildman–Crippen LogP) is 2.25. The predicted molar refractivity (Wildman–Crippen MR) is 56.8 cm³/mol. The van der Waals surface area contributed by atoms with E-state index < -0.39 is 0 Å². The van der Waals surface area contributed by atoms with Crippen molar-refractivity contribution >= 4 is 11.6 Å². The maximum atomic E-state index is 11.6. The summed E-state index contributed by atoms with van der Waals surface area (Å²) in [6.07, 6.45) is 5.88. The van der Waals surface area contributed by atoms with Crippen LogP contribution in [0.3, 0.4) is 0 Å². The summed E-state index contributed by atoms with van der Waals surface area (Å²) in [6, 6.07) is 1.65. The number of hydrogen-bond donors (Lipinski definition) is 1. The van der Waals surface area contributed by atoms with Crippen molar-refractivity contribution in [3.63, 3.8) is 0 Å². The molecule has 1 aliphatic rings. The molecule has 0 bridgehead atoms. The lowest BCUT2D eigenvalue weighted by Crippen LogP contribution is -2.19. The summed E-state index contributed by atoms with van der Waals surface area (Å²) in [5.41, 5.74) is 4.20. The van der Waals surface area contributed by atoms with E-state index in [1.54, 1.807) is 13.0 Å². The standard InChI is InChI=1S/C11H14N2O2/c1-8-10(6-7-15-8)11(14)13-12-9-4-2-3-5-9/h6-7H,2-5H2,1H3,(H,13,14). The summed E-state index contributed by atoms with van der Waals surface area (Å²) in [4.78, 5) is 11.6. The molecule has 1 heterocycles. The van der Waals surface area contributed by atoms with Crippen molar-refractivity contribution < 1.29 is 9.21 Å². The molecule has 0 radical (unpaired) electrons. The molecule has 1 aromatic heterocycles. The lowest BCUT2D eigenvalue weighted by molar-refractivity contribution is 0.0953. The molecule has 4 heteroatoms. The fraction of sp³-hybridized carbons (Fsp3) is 0.455. The van der Waals surface area contributed by atoms with Gasteiger partial charge in [0.1, 0.15) is 5.76 Å². The van der Waals surface area contributed by atoms with E-state index in [1.165, 1.54) is 19.1 Å². The summed E-state index contributed by atoms with van der Waals surface area (Å²) < 4.78 is 5.05. The first kappa shape index (κ1) is 9.96. The van der Waals surface area contributed by atoms with Crippen molar-refractivity contribution in [3.8, 4) is 0 Å². The minimum Gasteiger partial charge on any atom is -0.469 e. The zero-order valence-electron chi connectivity index (χ0n) is 8.75. The second-order valence-corrected chi connectivity index (χ2v) is 3.72. The van der Waals surface area contributed by atoms with E-state index in [0.29, 0.717) is 11.3 Å². The second-order valence-electron chi connectivity index (χ2n) is 3.72. The number of furan rings is 1. The molecule has 1 fully saturated rings. The van der Waals surface area contributed by atoms with Gasteiger partial charge in [0.15, 0.2) is 0 Å². The van der Waals surface area contributed by atoms with Gasteiger partial charge in [0, 0.05) is 5.71 Å². The molecule has 15 heavy (non-hydrogen) atoms. The first-order chi connectivity index (χ1) is 7.27. The number of hydrogen-bond acceptors (Lipinski definition) is 3. The zero-order chi connectivity index (χ0) is 10.7. The van der Waals surface area contributed by atoms with E-state index in [-0.39, 0.29) is 5.91 Å². The van der Waals surface area contributed by atoms with Crippen LogP contribution in [0, 0.1) is 6.92 Å². The molecule has 0 aromatic carbocycles. The molecule has 0 aliphatic heterocycles. The molecule has 1 N–H and O–H groups in total. The lowest BCUT2D eigenvalue weighted by Gasteiger charge is -1.99. The van der Waals surface area contributed by atoms with Crippen LogP contribution in [0.25, 0.3) is 0 Å². The summed E-state index contributed by atoms with van der Waals surface area (Å²) in [6.45, 7) is 1.76. The van der Waals surface area contributed by atoms with Crippen LogP contribution in [0.1, 0.15) is 41.8 Å². The van der Waals surface area contributed by atoms with Crippen LogP contribution in [0.4, 0.5) is 0 Å². The van der Waals surface area contributed by atoms with Crippen LogP contribution in [0.15, 0.2) is 21.8 Å². The SMILES string of the molecule is Cc1occc1C(=O)NN=C1CCCC1. The topological polar surface area (TPSA) is 54.6 Å². The Morgan fingerprint density at radius 3 is 2.80 bits per heavy atom. The third kappa shape index (κ3) is 2.26. The Kier molecular flexibility index (Phi) is 2.85. The number of nitrogens with zero attached hydrogens (tertiary/aromatic N) is 1. The molecular weight excluding hydrogens is 192 g/mol. The zero-order valence-corrected chi connectivity index (χ0v) is 8.75. The molecule has 1 saturated carbocycles. The highest BCUT2D eigenvalue weighted by Gasteiger charge is 2.12. The molecule has 4 nitrogen and oxygen atoms in total. The highest BCUT2D eigenvalue weighted by atomic mass is 16.3. The Morgan fingerprint density at radius 2 is 2.20 bits per heavy atom. The Morgan fingerprint density at radius 1 is 1.47 bits per heavy atom. The Bertz CT molecular complexity index is 385. The van der Waals surface area contributed by atoms with Gasteiger partial charge < -0.3 is 4.42 Å². The van der Waals surface area contributed by atoms with Crippen LogP contribution < -0.4 is 5.43 Å². The molecule has 0 unspecified atom stereocenters. The Labute approximate surface area is 88.4 Å². The van der Waals surface area contributed by atoms with Gasteiger partial charge in [0.2, 0.25) is 0 Å². The summed E-state index contributed by atoms with van der Waals surface area (Å²) in [5, 5.41) is 4.10. The van der Waals surface area contributed by atoms with E-state index >= 15 is 0 Å². The van der Waals surface area contributed by atoms with E-state index in [2.05, 4.69) is 10.5 Å². The number of rotatable bonds is 2. The molecule has 80 valence electrons. The molecule has 0 atom stereocenters. The number of hydrazone groups is 1. The van der Waals surface area contributed by atoms with Crippen LogP contribution in [-0.4, -0.2) is 11.6 Å². The molecule has 1 aliphatic carbocycles. The van der Waals surface area contributed by atoms with Gasteiger partial charge in [-0.2, -0.15) is 5.10 Å². The maximum Gasteiger partial charge on any atom is 0.274 e. The second kappa shape index (κ2) is 4.29. The molecule has 1 amide bonds. The van der Waals surface area contributed by atoms with Gasteiger partial charge >= 0.3 is 0 Å². The maximum absolute atomic E-state index is 11.6. The van der Waals surface area contributed by atoms with Crippen molar-refractivity contribution in [2.75, 3.05) is 0 Å². The number of aryl methyl sites for hydroxylation is 1. The van der Waals surface area contributed by atoms with Crippen LogP contribution in [-0.2, 0) is 0 Å². The quantitative estimate of drug-likeness (QED) is 0.754. The van der Waals surface area contributed by atoms with Crippen LogP contribution in [0.2, 0.25) is 0 Å². The summed E-state index contributed by atoms with van der Waals surface area (Å²) in [5.74, 6) is 0.430. The first-order valence-electron chi connectivity index (χ1n) is 5.17. The van der Waals surface area contributed by atoms with E-state index in [1.807, 2.05) is 0 Å². The lowest BCUT2D eigenvalue weighted by atomic mass is 10.2. The molecule has 0 saturated heterocycles. The van der Waals surface area contributed by atoms with Crippen molar-refractivity contribution in [2.24, 2.45) is 5.10 Å². The summed E-state index contributed by atoms with van der Waals surface area (Å²) >= 11 is 0. The fourth-order valence-corrected chi connectivity index (χ4v) is 1.71. The van der Waals surface area contributed by atoms with E-state index in [0.717, 1.165) is 18.6 Å². The average molecular weight is 206 g/mol. The molecular formula is C11H14N2O2. The number of carbonyl (C=O) groups is 1.